The van der Waals surface area contributed by atoms with Gasteiger partial charge in [-0.15, -0.1) is 11.3 Å². The van der Waals surface area contributed by atoms with Crippen LogP contribution < -0.4 is 5.32 Å². The first kappa shape index (κ1) is 15.0. The lowest BCUT2D eigenvalue weighted by molar-refractivity contribution is 0.505. The Bertz CT molecular complexity index is 849. The highest BCUT2D eigenvalue weighted by molar-refractivity contribution is 7.09. The lowest BCUT2D eigenvalue weighted by Crippen LogP contribution is -2.04. The smallest absolute Gasteiger partial charge is 0.232 e. The fraction of sp³-hybridized carbons (Fsp3) is 0.263. The minimum Gasteiger partial charge on any atom is -0.424 e. The van der Waals surface area contributed by atoms with Crippen LogP contribution >= 0.6 is 11.3 Å². The molecule has 2 atom stereocenters. The third-order valence-electron chi connectivity index (χ3n) is 4.32. The summed E-state index contributed by atoms with van der Waals surface area (Å²) in [7, 11) is 0. The molecule has 4 nitrogen and oxygen atoms in total. The fourth-order valence-corrected chi connectivity index (χ4v) is 3.69. The van der Waals surface area contributed by atoms with Gasteiger partial charge < -0.3 is 9.73 Å². The topological polar surface area (TPSA) is 61.9 Å². The summed E-state index contributed by atoms with van der Waals surface area (Å²) in [6, 6.07) is 16.7. The van der Waals surface area contributed by atoms with Gasteiger partial charge in [0.2, 0.25) is 17.5 Å². The molecule has 0 aliphatic heterocycles. The molecule has 0 radical (unpaired) electrons. The lowest BCUT2D eigenvalue weighted by Gasteiger charge is -2.01. The van der Waals surface area contributed by atoms with Crippen molar-refractivity contribution in [3.63, 3.8) is 0 Å². The van der Waals surface area contributed by atoms with Gasteiger partial charge in [-0.1, -0.05) is 36.4 Å². The van der Waals surface area contributed by atoms with Crippen LogP contribution in [0.4, 0.5) is 5.88 Å². The standard InChI is InChI=1S/C19H17N3OS/c20-12-17-19(21-9-8-14-7-4-10-24-14)23-18(22-17)16-11-15(16)13-5-2-1-3-6-13/h1-7,10,15-16,21H,8-9,11H2/t15-,16-/m1/s1. The number of aromatic nitrogens is 1. The van der Waals surface area contributed by atoms with Crippen molar-refractivity contribution in [2.45, 2.75) is 24.7 Å². The molecule has 0 saturated heterocycles. The fourth-order valence-electron chi connectivity index (χ4n) is 2.98. The van der Waals surface area contributed by atoms with Crippen LogP contribution in [-0.2, 0) is 6.42 Å². The summed E-state index contributed by atoms with van der Waals surface area (Å²) in [4.78, 5) is 5.71. The highest BCUT2D eigenvalue weighted by Crippen LogP contribution is 2.54. The van der Waals surface area contributed by atoms with Crippen LogP contribution in [-0.4, -0.2) is 11.5 Å². The Morgan fingerprint density at radius 1 is 1.21 bits per heavy atom. The molecule has 24 heavy (non-hydrogen) atoms. The third kappa shape index (κ3) is 3.06. The van der Waals surface area contributed by atoms with Gasteiger partial charge in [-0.3, -0.25) is 0 Å². The van der Waals surface area contributed by atoms with E-state index in [0.29, 0.717) is 23.4 Å². The normalized spacial score (nSPS) is 19.0. The first-order valence-electron chi connectivity index (χ1n) is 8.07. The van der Waals surface area contributed by atoms with E-state index in [9.17, 15) is 5.26 Å². The second-order valence-electron chi connectivity index (χ2n) is 5.96. The Hall–Kier alpha value is -2.58. The van der Waals surface area contributed by atoms with Crippen LogP contribution in [0.3, 0.4) is 0 Å². The van der Waals surface area contributed by atoms with Crippen molar-refractivity contribution in [3.8, 4) is 6.07 Å². The summed E-state index contributed by atoms with van der Waals surface area (Å²) < 4.78 is 5.86. The number of hydrogen-bond donors (Lipinski definition) is 1. The van der Waals surface area contributed by atoms with E-state index in [1.165, 1.54) is 10.4 Å². The second kappa shape index (κ2) is 6.50. The van der Waals surface area contributed by atoms with Crippen LogP contribution in [0.25, 0.3) is 0 Å². The molecular formula is C19H17N3OS. The number of nitrogens with zero attached hydrogens (tertiary/aromatic N) is 2. The molecule has 0 unspecified atom stereocenters. The molecule has 1 fully saturated rings. The highest BCUT2D eigenvalue weighted by atomic mass is 32.1. The van der Waals surface area contributed by atoms with E-state index in [4.69, 9.17) is 4.42 Å². The van der Waals surface area contributed by atoms with Crippen molar-refractivity contribution in [1.29, 1.82) is 5.26 Å². The van der Waals surface area contributed by atoms with Gasteiger partial charge in [0.05, 0.1) is 0 Å². The van der Waals surface area contributed by atoms with Gasteiger partial charge in [0.15, 0.2) is 0 Å². The number of thiophene rings is 1. The maximum atomic E-state index is 9.29. The van der Waals surface area contributed by atoms with E-state index < -0.39 is 0 Å². The number of hydrogen-bond acceptors (Lipinski definition) is 5. The van der Waals surface area contributed by atoms with Gasteiger partial charge in [0, 0.05) is 17.3 Å². The summed E-state index contributed by atoms with van der Waals surface area (Å²) in [6.45, 7) is 0.733. The zero-order chi connectivity index (χ0) is 16.4. The van der Waals surface area contributed by atoms with Crippen molar-refractivity contribution in [3.05, 3.63) is 69.9 Å². The predicted molar refractivity (Wildman–Crippen MR) is 94.3 cm³/mol. The zero-order valence-corrected chi connectivity index (χ0v) is 13.9. The Morgan fingerprint density at radius 2 is 2.08 bits per heavy atom. The second-order valence-corrected chi connectivity index (χ2v) is 6.99. The molecule has 1 saturated carbocycles. The largest absolute Gasteiger partial charge is 0.424 e. The number of nitriles is 1. The number of benzene rings is 1. The minimum absolute atomic E-state index is 0.285. The number of nitrogens with one attached hydrogen (secondary N) is 1. The van der Waals surface area contributed by atoms with Gasteiger partial charge in [-0.25, -0.2) is 4.98 Å². The number of oxazole rings is 1. The zero-order valence-electron chi connectivity index (χ0n) is 13.1. The van der Waals surface area contributed by atoms with Crippen molar-refractivity contribution < 1.29 is 4.42 Å². The molecule has 120 valence electrons. The average Bonchev–Trinajstić information content (AvgIpc) is 3.05. The van der Waals surface area contributed by atoms with Gasteiger partial charge in [0.1, 0.15) is 6.07 Å². The monoisotopic (exact) mass is 335 g/mol. The molecule has 5 heteroatoms. The Kier molecular flexibility index (Phi) is 4.06. The van der Waals surface area contributed by atoms with Crippen molar-refractivity contribution >= 4 is 17.2 Å². The minimum atomic E-state index is 0.285. The maximum absolute atomic E-state index is 9.29. The first-order valence-corrected chi connectivity index (χ1v) is 8.95. The molecule has 4 rings (SSSR count). The first-order chi connectivity index (χ1) is 11.8. The summed E-state index contributed by atoms with van der Waals surface area (Å²) in [5.41, 5.74) is 1.67. The number of rotatable bonds is 6. The summed E-state index contributed by atoms with van der Waals surface area (Å²) >= 11 is 1.73. The van der Waals surface area contributed by atoms with Gasteiger partial charge >= 0.3 is 0 Å². The Morgan fingerprint density at radius 3 is 2.83 bits per heavy atom. The van der Waals surface area contributed by atoms with E-state index in [0.717, 1.165) is 19.4 Å². The Labute approximate surface area is 144 Å². The van der Waals surface area contributed by atoms with Gasteiger partial charge in [-0.2, -0.15) is 5.26 Å². The predicted octanol–water partition coefficient (Wildman–Crippen LogP) is 4.53. The van der Waals surface area contributed by atoms with Crippen molar-refractivity contribution in [2.24, 2.45) is 0 Å². The van der Waals surface area contributed by atoms with Crippen LogP contribution in [0.5, 0.6) is 0 Å². The van der Waals surface area contributed by atoms with Crippen LogP contribution in [0.15, 0.2) is 52.3 Å². The molecule has 0 spiro atoms. The van der Waals surface area contributed by atoms with E-state index in [-0.39, 0.29) is 5.92 Å². The van der Waals surface area contributed by atoms with E-state index in [1.54, 1.807) is 11.3 Å². The van der Waals surface area contributed by atoms with Crippen molar-refractivity contribution in [2.75, 3.05) is 11.9 Å². The van der Waals surface area contributed by atoms with E-state index >= 15 is 0 Å². The molecule has 2 heterocycles. The van der Waals surface area contributed by atoms with Gasteiger partial charge in [-0.05, 0) is 35.8 Å². The molecule has 2 aromatic heterocycles. The molecule has 0 bridgehead atoms. The molecular weight excluding hydrogens is 318 g/mol. The van der Waals surface area contributed by atoms with Crippen molar-refractivity contribution in [1.82, 2.24) is 4.98 Å². The molecule has 1 aliphatic carbocycles. The lowest BCUT2D eigenvalue weighted by atomic mass is 10.1. The highest BCUT2D eigenvalue weighted by Gasteiger charge is 2.43. The average molecular weight is 335 g/mol. The van der Waals surface area contributed by atoms with Crippen LogP contribution in [0, 0.1) is 11.3 Å². The van der Waals surface area contributed by atoms with E-state index in [2.05, 4.69) is 52.1 Å². The third-order valence-corrected chi connectivity index (χ3v) is 5.26. The molecule has 0 amide bonds. The van der Waals surface area contributed by atoms with E-state index in [1.807, 2.05) is 12.1 Å². The SMILES string of the molecule is N#Cc1nc([C@@H]2C[C@@H]2c2ccccc2)oc1NCCc1cccs1. The van der Waals surface area contributed by atoms with Crippen LogP contribution in [0.1, 0.15) is 40.3 Å². The van der Waals surface area contributed by atoms with Gasteiger partial charge in [0.25, 0.3) is 0 Å². The molecule has 1 N–H and O–H groups in total. The summed E-state index contributed by atoms with van der Waals surface area (Å²) in [5, 5.41) is 14.6. The van der Waals surface area contributed by atoms with Crippen LogP contribution in [0.2, 0.25) is 0 Å². The Balaban J connectivity index is 1.43. The molecule has 1 aromatic carbocycles. The summed E-state index contributed by atoms with van der Waals surface area (Å²) in [5.74, 6) is 1.92. The maximum Gasteiger partial charge on any atom is 0.232 e. The summed E-state index contributed by atoms with van der Waals surface area (Å²) in [6.07, 6.45) is 1.94. The quantitative estimate of drug-likeness (QED) is 0.719. The number of anilines is 1. The molecule has 1 aliphatic rings. The molecule has 3 aromatic rings.